The number of furan rings is 1. The van der Waals surface area contributed by atoms with E-state index < -0.39 is 0 Å². The molecule has 136 valence electrons. The molecular weight excluding hydrogens is 344 g/mol. The van der Waals surface area contributed by atoms with E-state index in [-0.39, 0.29) is 12.5 Å². The van der Waals surface area contributed by atoms with Gasteiger partial charge in [-0.05, 0) is 24.6 Å². The Morgan fingerprint density at radius 2 is 2.07 bits per heavy atom. The number of carbonyl (C=O) groups is 1. The van der Waals surface area contributed by atoms with Gasteiger partial charge in [0.05, 0.1) is 31.1 Å². The Morgan fingerprint density at radius 1 is 1.22 bits per heavy atom. The maximum absolute atomic E-state index is 12.5. The Labute approximate surface area is 155 Å². The molecule has 3 aromatic heterocycles. The van der Waals surface area contributed by atoms with Crippen LogP contribution in [0.4, 0.5) is 0 Å². The summed E-state index contributed by atoms with van der Waals surface area (Å²) in [5.74, 6) is 1.37. The van der Waals surface area contributed by atoms with E-state index in [1.807, 2.05) is 41.9 Å². The second kappa shape index (κ2) is 7.28. The monoisotopic (exact) mass is 362 g/mol. The van der Waals surface area contributed by atoms with Crippen LogP contribution in [0.5, 0.6) is 0 Å². The van der Waals surface area contributed by atoms with Crippen LogP contribution in [0.1, 0.15) is 27.4 Å². The maximum Gasteiger partial charge on any atom is 0.255 e. The van der Waals surface area contributed by atoms with E-state index in [9.17, 15) is 4.79 Å². The maximum atomic E-state index is 12.5. The molecule has 0 radical (unpaired) electrons. The number of hydrogen-bond acceptors (Lipinski definition) is 5. The number of carbonyl (C=O) groups excluding carboxylic acids is 1. The Morgan fingerprint density at radius 3 is 2.85 bits per heavy atom. The normalized spacial score (nSPS) is 10.9. The number of nitrogens with zero attached hydrogens (tertiary/aromatic N) is 4. The number of hydrogen-bond donors (Lipinski definition) is 2. The van der Waals surface area contributed by atoms with Crippen LogP contribution < -0.4 is 5.32 Å². The highest BCUT2D eigenvalue weighted by atomic mass is 16.3. The number of nitrogens with one attached hydrogen (secondary N) is 2. The van der Waals surface area contributed by atoms with E-state index in [1.165, 1.54) is 0 Å². The minimum Gasteiger partial charge on any atom is -0.461 e. The molecule has 27 heavy (non-hydrogen) atoms. The van der Waals surface area contributed by atoms with Gasteiger partial charge in [-0.25, -0.2) is 4.98 Å². The summed E-state index contributed by atoms with van der Waals surface area (Å²) in [7, 11) is 0. The number of aromatic nitrogens is 5. The molecule has 1 amide bonds. The summed E-state index contributed by atoms with van der Waals surface area (Å²) in [4.78, 5) is 16.8. The van der Waals surface area contributed by atoms with Crippen molar-refractivity contribution in [1.82, 2.24) is 30.3 Å². The van der Waals surface area contributed by atoms with Crippen LogP contribution in [0.25, 0.3) is 11.6 Å². The van der Waals surface area contributed by atoms with Crippen LogP contribution in [-0.4, -0.2) is 30.9 Å². The van der Waals surface area contributed by atoms with Gasteiger partial charge in [0, 0.05) is 5.69 Å². The lowest BCUT2D eigenvalue weighted by Crippen LogP contribution is -2.24. The van der Waals surface area contributed by atoms with Crippen molar-refractivity contribution in [1.29, 1.82) is 0 Å². The fourth-order valence-corrected chi connectivity index (χ4v) is 2.73. The number of benzene rings is 1. The molecule has 0 saturated carbocycles. The average molecular weight is 362 g/mol. The topological polar surface area (TPSA) is 102 Å². The molecule has 4 rings (SSSR count). The van der Waals surface area contributed by atoms with Crippen molar-refractivity contribution in [2.75, 3.05) is 0 Å². The summed E-state index contributed by atoms with van der Waals surface area (Å²) in [6.45, 7) is 2.73. The predicted molar refractivity (Wildman–Crippen MR) is 97.8 cm³/mol. The first-order valence-corrected chi connectivity index (χ1v) is 8.50. The SMILES string of the molecule is Cc1c(C(=O)NCc2nc(-c3ccco3)n[nH]2)cnn1Cc1ccccc1. The summed E-state index contributed by atoms with van der Waals surface area (Å²) in [5, 5.41) is 14.0. The van der Waals surface area contributed by atoms with Crippen LogP contribution in [0.15, 0.2) is 59.3 Å². The standard InChI is InChI=1S/C19H18N6O2/c1-13-15(10-21-25(13)12-14-6-3-2-4-7-14)19(26)20-11-17-22-18(24-23-17)16-8-5-9-27-16/h2-10H,11-12H2,1H3,(H,20,26)(H,22,23,24). The molecule has 0 unspecified atom stereocenters. The summed E-state index contributed by atoms with van der Waals surface area (Å²) in [6.07, 6.45) is 3.14. The Balaban J connectivity index is 1.40. The van der Waals surface area contributed by atoms with Gasteiger partial charge in [-0.2, -0.15) is 5.10 Å². The van der Waals surface area contributed by atoms with E-state index in [4.69, 9.17) is 4.42 Å². The quantitative estimate of drug-likeness (QED) is 0.549. The third-order valence-electron chi connectivity index (χ3n) is 4.21. The smallest absolute Gasteiger partial charge is 0.255 e. The Kier molecular flexibility index (Phi) is 4.52. The second-order valence-corrected chi connectivity index (χ2v) is 6.05. The minimum atomic E-state index is -0.206. The fraction of sp³-hybridized carbons (Fsp3) is 0.158. The summed E-state index contributed by atoms with van der Waals surface area (Å²) >= 11 is 0. The van der Waals surface area contributed by atoms with Crippen molar-refractivity contribution in [2.24, 2.45) is 0 Å². The van der Waals surface area contributed by atoms with Crippen molar-refractivity contribution in [2.45, 2.75) is 20.0 Å². The van der Waals surface area contributed by atoms with Gasteiger partial charge in [0.2, 0.25) is 5.82 Å². The van der Waals surface area contributed by atoms with Gasteiger partial charge in [-0.3, -0.25) is 14.6 Å². The summed E-state index contributed by atoms with van der Waals surface area (Å²) < 4.78 is 7.06. The number of H-pyrrole nitrogens is 1. The fourth-order valence-electron chi connectivity index (χ4n) is 2.73. The van der Waals surface area contributed by atoms with Crippen LogP contribution >= 0.6 is 0 Å². The van der Waals surface area contributed by atoms with Crippen LogP contribution in [-0.2, 0) is 13.1 Å². The summed E-state index contributed by atoms with van der Waals surface area (Å²) in [5.41, 5.74) is 2.48. The van der Waals surface area contributed by atoms with Crippen molar-refractivity contribution in [3.8, 4) is 11.6 Å². The molecule has 1 aromatic carbocycles. The van der Waals surface area contributed by atoms with Crippen LogP contribution in [0.3, 0.4) is 0 Å². The predicted octanol–water partition coefficient (Wildman–Crippen LogP) is 2.55. The van der Waals surface area contributed by atoms with Crippen molar-refractivity contribution >= 4 is 5.91 Å². The molecule has 0 atom stereocenters. The number of rotatable bonds is 6. The highest BCUT2D eigenvalue weighted by molar-refractivity contribution is 5.94. The van der Waals surface area contributed by atoms with E-state index in [1.54, 1.807) is 24.6 Å². The van der Waals surface area contributed by atoms with Gasteiger partial charge in [0.15, 0.2) is 5.76 Å². The summed E-state index contributed by atoms with van der Waals surface area (Å²) in [6, 6.07) is 13.5. The molecule has 0 bridgehead atoms. The lowest BCUT2D eigenvalue weighted by molar-refractivity contribution is 0.0949. The van der Waals surface area contributed by atoms with Crippen molar-refractivity contribution < 1.29 is 9.21 Å². The Bertz CT molecular complexity index is 1030. The van der Waals surface area contributed by atoms with E-state index in [2.05, 4.69) is 25.6 Å². The zero-order valence-electron chi connectivity index (χ0n) is 14.7. The van der Waals surface area contributed by atoms with Crippen LogP contribution in [0, 0.1) is 6.92 Å². The minimum absolute atomic E-state index is 0.206. The molecule has 0 aliphatic carbocycles. The molecule has 8 heteroatoms. The van der Waals surface area contributed by atoms with Gasteiger partial charge in [0.25, 0.3) is 5.91 Å². The third kappa shape index (κ3) is 3.64. The molecule has 0 spiro atoms. The first-order valence-electron chi connectivity index (χ1n) is 8.50. The van der Waals surface area contributed by atoms with Gasteiger partial charge in [-0.1, -0.05) is 30.3 Å². The lowest BCUT2D eigenvalue weighted by atomic mass is 10.2. The molecule has 0 aliphatic rings. The van der Waals surface area contributed by atoms with E-state index >= 15 is 0 Å². The van der Waals surface area contributed by atoms with Gasteiger partial charge in [-0.15, -0.1) is 5.10 Å². The first-order chi connectivity index (χ1) is 13.2. The highest BCUT2D eigenvalue weighted by Gasteiger charge is 2.15. The van der Waals surface area contributed by atoms with Gasteiger partial charge in [0.1, 0.15) is 5.82 Å². The molecule has 3 heterocycles. The molecule has 8 nitrogen and oxygen atoms in total. The van der Waals surface area contributed by atoms with Crippen molar-refractivity contribution in [3.63, 3.8) is 0 Å². The van der Waals surface area contributed by atoms with Gasteiger partial charge < -0.3 is 9.73 Å². The van der Waals surface area contributed by atoms with E-state index in [0.717, 1.165) is 11.3 Å². The highest BCUT2D eigenvalue weighted by Crippen LogP contribution is 2.14. The third-order valence-corrected chi connectivity index (χ3v) is 4.21. The molecular formula is C19H18N6O2. The molecule has 0 aliphatic heterocycles. The zero-order valence-corrected chi connectivity index (χ0v) is 14.7. The average Bonchev–Trinajstić information content (AvgIpc) is 3.42. The Hall–Kier alpha value is -3.68. The molecule has 0 fully saturated rings. The molecule has 0 saturated heterocycles. The molecule has 4 aromatic rings. The number of amides is 1. The second-order valence-electron chi connectivity index (χ2n) is 6.05. The van der Waals surface area contributed by atoms with Gasteiger partial charge >= 0.3 is 0 Å². The first kappa shape index (κ1) is 16.8. The molecule has 2 N–H and O–H groups in total. The largest absolute Gasteiger partial charge is 0.461 e. The van der Waals surface area contributed by atoms with Crippen LogP contribution in [0.2, 0.25) is 0 Å². The van der Waals surface area contributed by atoms with Crippen molar-refractivity contribution in [3.05, 3.63) is 77.6 Å². The lowest BCUT2D eigenvalue weighted by Gasteiger charge is -2.06. The number of aromatic amines is 1. The zero-order chi connectivity index (χ0) is 18.6. The van der Waals surface area contributed by atoms with E-state index in [0.29, 0.717) is 29.5 Å².